The number of carbonyl (C=O) groups is 1. The van der Waals surface area contributed by atoms with Crippen LogP contribution in [0.15, 0.2) is 30.9 Å². The lowest BCUT2D eigenvalue weighted by Crippen LogP contribution is -2.38. The molecule has 2 N–H and O–H groups in total. The summed E-state index contributed by atoms with van der Waals surface area (Å²) in [6.07, 6.45) is -0.869. The van der Waals surface area contributed by atoms with E-state index in [1.807, 2.05) is 0 Å². The lowest BCUT2D eigenvalue weighted by molar-refractivity contribution is -0.141. The Labute approximate surface area is 190 Å². The molecule has 1 saturated heterocycles. The summed E-state index contributed by atoms with van der Waals surface area (Å²) in [5, 5.41) is 7.86. The fraction of sp³-hybridized carbons (Fsp3) is 0.368. The van der Waals surface area contributed by atoms with Gasteiger partial charge < -0.3 is 10.6 Å². The van der Waals surface area contributed by atoms with Gasteiger partial charge in [-0.25, -0.2) is 22.8 Å². The van der Waals surface area contributed by atoms with Crippen LogP contribution >= 0.6 is 0 Å². The maximum Gasteiger partial charge on any atom is 0.435 e. The van der Waals surface area contributed by atoms with E-state index in [2.05, 4.69) is 25.7 Å². The van der Waals surface area contributed by atoms with E-state index in [1.54, 1.807) is 0 Å². The number of sulfone groups is 1. The number of rotatable bonds is 5. The number of nitrogens with one attached hydrogen (secondary N) is 2. The van der Waals surface area contributed by atoms with E-state index in [0.717, 1.165) is 23.0 Å². The molecule has 34 heavy (non-hydrogen) atoms. The predicted molar refractivity (Wildman–Crippen MR) is 111 cm³/mol. The summed E-state index contributed by atoms with van der Waals surface area (Å²) in [5.41, 5.74) is -0.760. The van der Waals surface area contributed by atoms with Crippen molar-refractivity contribution in [1.82, 2.24) is 29.6 Å². The van der Waals surface area contributed by atoms with Gasteiger partial charge in [-0.2, -0.15) is 18.3 Å². The van der Waals surface area contributed by atoms with Gasteiger partial charge in [0.1, 0.15) is 18.1 Å². The number of aryl methyl sites for hydroxylation is 1. The first-order chi connectivity index (χ1) is 15.9. The molecule has 0 aromatic carbocycles. The van der Waals surface area contributed by atoms with Crippen LogP contribution in [0.3, 0.4) is 0 Å². The number of pyridine rings is 1. The van der Waals surface area contributed by atoms with Crippen LogP contribution in [-0.4, -0.2) is 57.5 Å². The smallest absolute Gasteiger partial charge is 0.323 e. The minimum absolute atomic E-state index is 0.0218. The van der Waals surface area contributed by atoms with Crippen LogP contribution in [0.1, 0.15) is 22.3 Å². The van der Waals surface area contributed by atoms with Crippen LogP contribution in [-0.2, 0) is 27.4 Å². The fourth-order valence-electron chi connectivity index (χ4n) is 3.46. The van der Waals surface area contributed by atoms with Gasteiger partial charge in [-0.3, -0.25) is 14.0 Å². The van der Waals surface area contributed by atoms with Gasteiger partial charge in [0.05, 0.1) is 23.3 Å². The van der Waals surface area contributed by atoms with Crippen molar-refractivity contribution < 1.29 is 30.8 Å². The minimum atomic E-state index is -4.64. The summed E-state index contributed by atoms with van der Waals surface area (Å²) in [5.74, 6) is -1.76. The van der Waals surface area contributed by atoms with Crippen molar-refractivity contribution in [2.75, 3.05) is 24.2 Å². The average Bonchev–Trinajstić information content (AvgIpc) is 3.35. The molecule has 0 spiro atoms. The third kappa shape index (κ3) is 4.94. The van der Waals surface area contributed by atoms with Gasteiger partial charge in [-0.15, -0.1) is 0 Å². The van der Waals surface area contributed by atoms with Crippen molar-refractivity contribution in [3.05, 3.63) is 53.8 Å². The maximum absolute atomic E-state index is 14.7. The highest BCUT2D eigenvalue weighted by Crippen LogP contribution is 2.28. The molecule has 3 aromatic rings. The zero-order valence-electron chi connectivity index (χ0n) is 17.7. The highest BCUT2D eigenvalue weighted by molar-refractivity contribution is 7.91. The van der Waals surface area contributed by atoms with Crippen LogP contribution in [0.2, 0.25) is 0 Å². The Bertz CT molecular complexity index is 1330. The molecule has 1 atom stereocenters. The SMILES string of the molecule is Cc1cc(C(F)(F)F)nn1CC(=O)Nc1cnc(-n2cnc([C@H]3CNCCS3(=O)=O)c2)c(F)c1. The Kier molecular flexibility index (Phi) is 6.16. The molecule has 0 saturated carbocycles. The van der Waals surface area contributed by atoms with Gasteiger partial charge in [0.15, 0.2) is 27.2 Å². The summed E-state index contributed by atoms with van der Waals surface area (Å²) in [4.78, 5) is 20.2. The van der Waals surface area contributed by atoms with Gasteiger partial charge in [0, 0.05) is 31.0 Å². The summed E-state index contributed by atoms with van der Waals surface area (Å²) >= 11 is 0. The quantitative estimate of drug-likeness (QED) is 0.510. The first-order valence-electron chi connectivity index (χ1n) is 9.97. The number of alkyl halides is 3. The first-order valence-corrected chi connectivity index (χ1v) is 11.7. The Morgan fingerprint density at radius 1 is 1.29 bits per heavy atom. The molecule has 1 aliphatic heterocycles. The normalized spacial score (nSPS) is 18.1. The van der Waals surface area contributed by atoms with Crippen molar-refractivity contribution in [3.63, 3.8) is 0 Å². The van der Waals surface area contributed by atoms with E-state index < -0.39 is 45.2 Å². The Morgan fingerprint density at radius 2 is 2.06 bits per heavy atom. The van der Waals surface area contributed by atoms with E-state index in [0.29, 0.717) is 6.54 Å². The van der Waals surface area contributed by atoms with E-state index in [-0.39, 0.29) is 35.2 Å². The molecular weight excluding hydrogens is 482 g/mol. The molecule has 3 aromatic heterocycles. The Morgan fingerprint density at radius 3 is 2.71 bits per heavy atom. The number of halogens is 4. The highest BCUT2D eigenvalue weighted by Gasteiger charge is 2.34. The topological polar surface area (TPSA) is 124 Å². The van der Waals surface area contributed by atoms with E-state index in [4.69, 9.17) is 0 Å². The molecule has 182 valence electrons. The predicted octanol–water partition coefficient (Wildman–Crippen LogP) is 1.63. The molecule has 4 heterocycles. The minimum Gasteiger partial charge on any atom is -0.323 e. The molecule has 0 unspecified atom stereocenters. The van der Waals surface area contributed by atoms with Gasteiger partial charge in [0.25, 0.3) is 0 Å². The van der Waals surface area contributed by atoms with Crippen LogP contribution in [0, 0.1) is 12.7 Å². The van der Waals surface area contributed by atoms with Crippen LogP contribution in [0.5, 0.6) is 0 Å². The fourth-order valence-corrected chi connectivity index (χ4v) is 5.03. The summed E-state index contributed by atoms with van der Waals surface area (Å²) in [6, 6.07) is 1.80. The second-order valence-corrected chi connectivity index (χ2v) is 9.97. The van der Waals surface area contributed by atoms with Crippen molar-refractivity contribution >= 4 is 21.4 Å². The number of imidazole rings is 1. The molecule has 1 fully saturated rings. The van der Waals surface area contributed by atoms with E-state index >= 15 is 0 Å². The molecule has 1 aliphatic rings. The van der Waals surface area contributed by atoms with Crippen LogP contribution in [0.4, 0.5) is 23.2 Å². The summed E-state index contributed by atoms with van der Waals surface area (Å²) in [6.45, 7) is 1.41. The number of nitrogens with zero attached hydrogens (tertiary/aromatic N) is 5. The Hall–Kier alpha value is -3.33. The molecule has 0 radical (unpaired) electrons. The van der Waals surface area contributed by atoms with E-state index in [1.165, 1.54) is 24.0 Å². The number of anilines is 1. The molecule has 0 bridgehead atoms. The van der Waals surface area contributed by atoms with E-state index in [9.17, 15) is 30.8 Å². The standard InChI is InChI=1S/C19H19F4N7O3S/c1-11-4-16(19(21,22)23)28-30(11)9-17(31)27-12-5-13(20)18(25-6-12)29-8-14(26-10-29)15-7-24-2-3-34(15,32)33/h4-6,8,10,15,24H,2-3,7,9H2,1H3,(H,27,31)/t15-/m1/s1. The van der Waals surface area contributed by atoms with Gasteiger partial charge in [0.2, 0.25) is 5.91 Å². The van der Waals surface area contributed by atoms with Crippen molar-refractivity contribution in [2.45, 2.75) is 24.9 Å². The number of hydrogen-bond donors (Lipinski definition) is 2. The van der Waals surface area contributed by atoms with Crippen molar-refractivity contribution in [3.8, 4) is 5.82 Å². The third-order valence-electron chi connectivity index (χ3n) is 5.17. The van der Waals surface area contributed by atoms with Crippen LogP contribution < -0.4 is 10.6 Å². The molecule has 0 aliphatic carbocycles. The molecule has 4 rings (SSSR count). The maximum atomic E-state index is 14.7. The molecule has 1 amide bonds. The van der Waals surface area contributed by atoms with Gasteiger partial charge >= 0.3 is 6.18 Å². The number of carbonyl (C=O) groups excluding carboxylic acids is 1. The lowest BCUT2D eigenvalue weighted by Gasteiger charge is -2.21. The van der Waals surface area contributed by atoms with Gasteiger partial charge in [-0.05, 0) is 13.0 Å². The van der Waals surface area contributed by atoms with Crippen molar-refractivity contribution in [2.24, 2.45) is 0 Å². The summed E-state index contributed by atoms with van der Waals surface area (Å²) < 4.78 is 79.6. The molecule has 10 nitrogen and oxygen atoms in total. The molecular formula is C19H19F4N7O3S. The highest BCUT2D eigenvalue weighted by atomic mass is 32.2. The average molecular weight is 501 g/mol. The zero-order chi connectivity index (χ0) is 24.7. The zero-order valence-corrected chi connectivity index (χ0v) is 18.5. The largest absolute Gasteiger partial charge is 0.435 e. The van der Waals surface area contributed by atoms with Crippen LogP contribution in [0.25, 0.3) is 5.82 Å². The Balaban J connectivity index is 1.46. The second-order valence-electron chi connectivity index (χ2n) is 7.67. The second kappa shape index (κ2) is 8.79. The molecule has 15 heteroatoms. The third-order valence-corrected chi connectivity index (χ3v) is 7.22. The monoisotopic (exact) mass is 501 g/mol. The lowest BCUT2D eigenvalue weighted by atomic mass is 10.3. The van der Waals surface area contributed by atoms with Gasteiger partial charge in [-0.1, -0.05) is 0 Å². The summed E-state index contributed by atoms with van der Waals surface area (Å²) in [7, 11) is -3.38. The number of aromatic nitrogens is 5. The van der Waals surface area contributed by atoms with Crippen molar-refractivity contribution in [1.29, 1.82) is 0 Å². The first kappa shape index (κ1) is 23.8. The number of amides is 1. The number of hydrogen-bond acceptors (Lipinski definition) is 7.